The lowest BCUT2D eigenvalue weighted by molar-refractivity contribution is -0.147. The van der Waals surface area contributed by atoms with Crippen LogP contribution in [0, 0.1) is 0 Å². The number of pyridine rings is 1. The maximum absolute atomic E-state index is 11.2. The van der Waals surface area contributed by atoms with Crippen molar-refractivity contribution in [2.45, 2.75) is 25.6 Å². The summed E-state index contributed by atoms with van der Waals surface area (Å²) in [5.41, 5.74) is -0.251. The van der Waals surface area contributed by atoms with Crippen LogP contribution in [0.1, 0.15) is 35.5 Å². The fourth-order valence-electron chi connectivity index (χ4n) is 1.50. The van der Waals surface area contributed by atoms with Crippen molar-refractivity contribution < 1.29 is 29.6 Å². The molecular formula is C12H14ClNO6. The second-order valence-corrected chi connectivity index (χ2v) is 4.33. The topological polar surface area (TPSA) is 117 Å². The molecule has 0 saturated carbocycles. The van der Waals surface area contributed by atoms with Gasteiger partial charge in [0.15, 0.2) is 5.69 Å². The van der Waals surface area contributed by atoms with Crippen LogP contribution in [0.25, 0.3) is 0 Å². The summed E-state index contributed by atoms with van der Waals surface area (Å²) in [5, 5.41) is 28.1. The van der Waals surface area contributed by atoms with Gasteiger partial charge in [-0.1, -0.05) is 11.6 Å². The molecule has 0 spiro atoms. The third-order valence-corrected chi connectivity index (χ3v) is 2.74. The molecule has 8 heteroatoms. The molecule has 0 fully saturated rings. The van der Waals surface area contributed by atoms with Gasteiger partial charge in [0.05, 0.1) is 24.2 Å². The molecule has 20 heavy (non-hydrogen) atoms. The lowest BCUT2D eigenvalue weighted by Gasteiger charge is -2.17. The fourth-order valence-corrected chi connectivity index (χ4v) is 1.75. The molecule has 0 aliphatic heterocycles. The molecule has 2 unspecified atom stereocenters. The van der Waals surface area contributed by atoms with Crippen molar-refractivity contribution >= 4 is 23.5 Å². The number of carboxylic acids is 1. The SMILES string of the molecule is CCOC(=O)CC(O)C(O)c1cnc(C(=O)O)c(Cl)c1. The van der Waals surface area contributed by atoms with E-state index in [-0.39, 0.29) is 22.9 Å². The Labute approximate surface area is 119 Å². The first-order chi connectivity index (χ1) is 9.36. The normalized spacial score (nSPS) is 13.6. The number of esters is 1. The molecule has 1 aromatic heterocycles. The first kappa shape index (κ1) is 16.4. The molecule has 0 radical (unpaired) electrons. The van der Waals surface area contributed by atoms with Crippen LogP contribution >= 0.6 is 11.6 Å². The van der Waals surface area contributed by atoms with Crippen molar-refractivity contribution in [1.29, 1.82) is 0 Å². The minimum atomic E-state index is -1.42. The lowest BCUT2D eigenvalue weighted by atomic mass is 10.0. The summed E-state index contributed by atoms with van der Waals surface area (Å²) in [7, 11) is 0. The number of hydrogen-bond acceptors (Lipinski definition) is 6. The predicted molar refractivity (Wildman–Crippen MR) is 68.4 cm³/mol. The number of aromatic carboxylic acids is 1. The van der Waals surface area contributed by atoms with Gasteiger partial charge in [0.2, 0.25) is 0 Å². The Morgan fingerprint density at radius 1 is 1.45 bits per heavy atom. The number of ether oxygens (including phenoxy) is 1. The van der Waals surface area contributed by atoms with Gasteiger partial charge in [0.25, 0.3) is 0 Å². The van der Waals surface area contributed by atoms with E-state index in [0.29, 0.717) is 0 Å². The number of aromatic nitrogens is 1. The Kier molecular flexibility index (Phi) is 5.87. The van der Waals surface area contributed by atoms with E-state index in [0.717, 1.165) is 6.20 Å². The quantitative estimate of drug-likeness (QED) is 0.665. The summed E-state index contributed by atoms with van der Waals surface area (Å²) in [5.74, 6) is -1.96. The first-order valence-corrected chi connectivity index (χ1v) is 6.15. The van der Waals surface area contributed by atoms with Crippen molar-refractivity contribution in [2.24, 2.45) is 0 Å². The molecule has 0 saturated heterocycles. The molecule has 0 amide bonds. The van der Waals surface area contributed by atoms with E-state index in [9.17, 15) is 19.8 Å². The highest BCUT2D eigenvalue weighted by atomic mass is 35.5. The minimum absolute atomic E-state index is 0.108. The number of aliphatic hydroxyl groups is 2. The summed E-state index contributed by atoms with van der Waals surface area (Å²) in [6, 6.07) is 1.18. The second kappa shape index (κ2) is 7.18. The highest BCUT2D eigenvalue weighted by Crippen LogP contribution is 2.23. The van der Waals surface area contributed by atoms with Crippen LogP contribution in [0.15, 0.2) is 12.3 Å². The molecule has 7 nitrogen and oxygen atoms in total. The summed E-state index contributed by atoms with van der Waals surface area (Å²) in [6.45, 7) is 1.79. The molecule has 0 aliphatic carbocycles. The van der Waals surface area contributed by atoms with Crippen LogP contribution in [0.3, 0.4) is 0 Å². The molecule has 1 heterocycles. The van der Waals surface area contributed by atoms with Crippen molar-refractivity contribution in [3.8, 4) is 0 Å². The van der Waals surface area contributed by atoms with Crippen LogP contribution in [0.2, 0.25) is 5.02 Å². The van der Waals surface area contributed by atoms with Crippen molar-refractivity contribution in [1.82, 2.24) is 4.98 Å². The van der Waals surface area contributed by atoms with E-state index in [1.807, 2.05) is 0 Å². The van der Waals surface area contributed by atoms with Gasteiger partial charge in [-0.3, -0.25) is 4.79 Å². The van der Waals surface area contributed by atoms with Crippen LogP contribution in [-0.4, -0.2) is 45.0 Å². The lowest BCUT2D eigenvalue weighted by Crippen LogP contribution is -2.23. The highest BCUT2D eigenvalue weighted by Gasteiger charge is 2.23. The summed E-state index contributed by atoms with van der Waals surface area (Å²) >= 11 is 5.70. The minimum Gasteiger partial charge on any atom is -0.476 e. The van der Waals surface area contributed by atoms with Gasteiger partial charge in [-0.25, -0.2) is 9.78 Å². The van der Waals surface area contributed by atoms with E-state index >= 15 is 0 Å². The fraction of sp³-hybridized carbons (Fsp3) is 0.417. The Morgan fingerprint density at radius 2 is 2.10 bits per heavy atom. The standard InChI is InChI=1S/C12H14ClNO6/c1-2-20-9(16)4-8(15)11(17)6-3-7(13)10(12(18)19)14-5-6/h3,5,8,11,15,17H,2,4H2,1H3,(H,18,19). The highest BCUT2D eigenvalue weighted by molar-refractivity contribution is 6.33. The summed E-state index contributed by atoms with van der Waals surface area (Å²) < 4.78 is 4.64. The van der Waals surface area contributed by atoms with Crippen LogP contribution < -0.4 is 0 Å². The van der Waals surface area contributed by atoms with Gasteiger partial charge < -0.3 is 20.1 Å². The van der Waals surface area contributed by atoms with Gasteiger partial charge in [-0.05, 0) is 13.0 Å². The van der Waals surface area contributed by atoms with Gasteiger partial charge in [0.1, 0.15) is 6.10 Å². The molecule has 0 aromatic carbocycles. The molecule has 0 bridgehead atoms. The van der Waals surface area contributed by atoms with Crippen LogP contribution in [0.5, 0.6) is 0 Å². The summed E-state index contributed by atoms with van der Waals surface area (Å²) in [4.78, 5) is 25.5. The number of carbonyl (C=O) groups excluding carboxylic acids is 1. The van der Waals surface area contributed by atoms with E-state index in [2.05, 4.69) is 9.72 Å². The number of aliphatic hydroxyl groups excluding tert-OH is 2. The number of carbonyl (C=O) groups is 2. The predicted octanol–water partition coefficient (Wildman–Crippen LogP) is 0.781. The van der Waals surface area contributed by atoms with Crippen molar-refractivity contribution in [3.05, 3.63) is 28.5 Å². The maximum atomic E-state index is 11.2. The monoisotopic (exact) mass is 303 g/mol. The smallest absolute Gasteiger partial charge is 0.356 e. The van der Waals surface area contributed by atoms with E-state index in [4.69, 9.17) is 16.7 Å². The largest absolute Gasteiger partial charge is 0.476 e. The molecule has 110 valence electrons. The Balaban J connectivity index is 2.81. The maximum Gasteiger partial charge on any atom is 0.356 e. The number of hydrogen-bond donors (Lipinski definition) is 3. The number of halogens is 1. The molecule has 0 aliphatic rings. The van der Waals surface area contributed by atoms with Gasteiger partial charge in [0, 0.05) is 11.8 Å². The van der Waals surface area contributed by atoms with Crippen LogP contribution in [-0.2, 0) is 9.53 Å². The van der Waals surface area contributed by atoms with Gasteiger partial charge in [-0.2, -0.15) is 0 Å². The number of carboxylic acid groups (broad SMARTS) is 1. The zero-order valence-corrected chi connectivity index (χ0v) is 11.4. The third-order valence-electron chi connectivity index (χ3n) is 2.45. The molecule has 1 aromatic rings. The average molecular weight is 304 g/mol. The number of nitrogens with zero attached hydrogens (tertiary/aromatic N) is 1. The molecule has 2 atom stereocenters. The van der Waals surface area contributed by atoms with E-state index in [1.165, 1.54) is 6.07 Å². The van der Waals surface area contributed by atoms with Crippen molar-refractivity contribution in [3.63, 3.8) is 0 Å². The Hall–Kier alpha value is -1.70. The van der Waals surface area contributed by atoms with Crippen molar-refractivity contribution in [2.75, 3.05) is 6.61 Å². The van der Waals surface area contributed by atoms with Gasteiger partial charge in [-0.15, -0.1) is 0 Å². The van der Waals surface area contributed by atoms with E-state index in [1.54, 1.807) is 6.92 Å². The first-order valence-electron chi connectivity index (χ1n) is 5.77. The number of rotatable bonds is 6. The second-order valence-electron chi connectivity index (χ2n) is 3.93. The molecule has 3 N–H and O–H groups in total. The summed E-state index contributed by atoms with van der Waals surface area (Å²) in [6.07, 6.45) is -2.14. The molecule has 1 rings (SSSR count). The Morgan fingerprint density at radius 3 is 2.60 bits per heavy atom. The Bertz CT molecular complexity index is 507. The van der Waals surface area contributed by atoms with Gasteiger partial charge >= 0.3 is 11.9 Å². The zero-order chi connectivity index (χ0) is 15.3. The third kappa shape index (κ3) is 4.16. The average Bonchev–Trinajstić information content (AvgIpc) is 2.37. The van der Waals surface area contributed by atoms with Crippen LogP contribution in [0.4, 0.5) is 0 Å². The van der Waals surface area contributed by atoms with E-state index < -0.39 is 30.6 Å². The molecular weight excluding hydrogens is 290 g/mol. The zero-order valence-electron chi connectivity index (χ0n) is 10.6.